The van der Waals surface area contributed by atoms with Crippen LogP contribution in [0.1, 0.15) is 5.56 Å². The van der Waals surface area contributed by atoms with Gasteiger partial charge in [-0.1, -0.05) is 6.07 Å². The maximum absolute atomic E-state index is 5.76. The average Bonchev–Trinajstić information content (AvgIpc) is 2.47. The summed E-state index contributed by atoms with van der Waals surface area (Å²) in [6, 6.07) is 5.97. The molecule has 1 heterocycles. The van der Waals surface area contributed by atoms with Gasteiger partial charge in [0.15, 0.2) is 0 Å². The summed E-state index contributed by atoms with van der Waals surface area (Å²) in [4.78, 5) is 0.945. The number of nitrogen functional groups attached to an aromatic ring is 1. The highest BCUT2D eigenvalue weighted by atomic mass is 35.5. The molecule has 0 aliphatic heterocycles. The number of alkyl halides is 1. The zero-order valence-electron chi connectivity index (χ0n) is 6.75. The van der Waals surface area contributed by atoms with Crippen LogP contribution in [0.15, 0.2) is 23.1 Å². The molecule has 0 bridgehead atoms. The Morgan fingerprint density at radius 1 is 1.46 bits per heavy atom. The SMILES string of the molecule is Nc1cc2c(S)c(CCl)ccc2s1. The Morgan fingerprint density at radius 3 is 2.92 bits per heavy atom. The monoisotopic (exact) mass is 229 g/mol. The van der Waals surface area contributed by atoms with Crippen molar-refractivity contribution in [1.82, 2.24) is 0 Å². The first kappa shape index (κ1) is 9.19. The summed E-state index contributed by atoms with van der Waals surface area (Å²) in [6.07, 6.45) is 0. The number of fused-ring (bicyclic) bond motifs is 1. The fourth-order valence-electron chi connectivity index (χ4n) is 1.27. The van der Waals surface area contributed by atoms with Gasteiger partial charge in [0.2, 0.25) is 0 Å². The first-order valence-corrected chi connectivity index (χ1v) is 5.58. The predicted octanol–water partition coefficient (Wildman–Crippen LogP) is 3.51. The van der Waals surface area contributed by atoms with Crippen LogP contribution < -0.4 is 5.73 Å². The highest BCUT2D eigenvalue weighted by Gasteiger charge is 2.05. The highest BCUT2D eigenvalue weighted by molar-refractivity contribution is 7.80. The second-order valence-corrected chi connectivity index (χ2v) is 4.60. The van der Waals surface area contributed by atoms with Crippen LogP contribution in [-0.2, 0) is 5.88 Å². The third-order valence-corrected chi connectivity index (χ3v) is 3.66. The topological polar surface area (TPSA) is 26.0 Å². The van der Waals surface area contributed by atoms with Gasteiger partial charge in [-0.25, -0.2) is 0 Å². The summed E-state index contributed by atoms with van der Waals surface area (Å²) in [5.74, 6) is 0.491. The number of benzene rings is 1. The molecule has 4 heteroatoms. The molecule has 1 aromatic heterocycles. The third kappa shape index (κ3) is 1.52. The molecule has 0 spiro atoms. The Labute approximate surface area is 90.9 Å². The van der Waals surface area contributed by atoms with Gasteiger partial charge in [-0.3, -0.25) is 0 Å². The van der Waals surface area contributed by atoms with E-state index in [0.717, 1.165) is 25.5 Å². The van der Waals surface area contributed by atoms with Gasteiger partial charge >= 0.3 is 0 Å². The number of nitrogens with two attached hydrogens (primary N) is 1. The molecule has 68 valence electrons. The van der Waals surface area contributed by atoms with Gasteiger partial charge < -0.3 is 5.73 Å². The lowest BCUT2D eigenvalue weighted by Crippen LogP contribution is -1.80. The largest absolute Gasteiger partial charge is 0.391 e. The van der Waals surface area contributed by atoms with Crippen LogP contribution in [0.3, 0.4) is 0 Å². The van der Waals surface area contributed by atoms with Crippen LogP contribution in [0.4, 0.5) is 5.00 Å². The molecule has 0 aliphatic rings. The smallest absolute Gasteiger partial charge is 0.0869 e. The van der Waals surface area contributed by atoms with Gasteiger partial charge in [0.25, 0.3) is 0 Å². The number of hydrogen-bond donors (Lipinski definition) is 2. The van der Waals surface area contributed by atoms with Gasteiger partial charge in [0.1, 0.15) is 0 Å². The van der Waals surface area contributed by atoms with E-state index in [2.05, 4.69) is 12.6 Å². The van der Waals surface area contributed by atoms with Crippen molar-refractivity contribution in [2.24, 2.45) is 0 Å². The summed E-state index contributed by atoms with van der Waals surface area (Å²) in [5, 5.41) is 1.92. The van der Waals surface area contributed by atoms with Crippen molar-refractivity contribution in [3.05, 3.63) is 23.8 Å². The summed E-state index contributed by atoms with van der Waals surface area (Å²) >= 11 is 11.8. The van der Waals surface area contributed by atoms with Crippen LogP contribution in [0.25, 0.3) is 10.1 Å². The molecular weight excluding hydrogens is 222 g/mol. The Hall–Kier alpha value is -0.380. The fourth-order valence-corrected chi connectivity index (χ4v) is 2.84. The van der Waals surface area contributed by atoms with Crippen molar-refractivity contribution < 1.29 is 0 Å². The zero-order valence-corrected chi connectivity index (χ0v) is 9.22. The minimum Gasteiger partial charge on any atom is -0.391 e. The first-order valence-electron chi connectivity index (χ1n) is 3.78. The molecule has 1 aromatic carbocycles. The van der Waals surface area contributed by atoms with Crippen molar-refractivity contribution in [2.75, 3.05) is 5.73 Å². The molecule has 2 rings (SSSR count). The summed E-state index contributed by atoms with van der Waals surface area (Å²) < 4.78 is 1.16. The Bertz CT molecular complexity index is 450. The molecule has 13 heavy (non-hydrogen) atoms. The molecule has 2 aromatic rings. The first-order chi connectivity index (χ1) is 6.22. The van der Waals surface area contributed by atoms with E-state index in [1.165, 1.54) is 0 Å². The molecule has 0 amide bonds. The average molecular weight is 230 g/mol. The van der Waals surface area contributed by atoms with E-state index in [1.54, 1.807) is 11.3 Å². The molecule has 1 nitrogen and oxygen atoms in total. The lowest BCUT2D eigenvalue weighted by Gasteiger charge is -2.00. The zero-order chi connectivity index (χ0) is 9.42. The highest BCUT2D eigenvalue weighted by Crippen LogP contribution is 2.34. The van der Waals surface area contributed by atoms with Gasteiger partial charge in [-0.15, -0.1) is 35.6 Å². The van der Waals surface area contributed by atoms with E-state index in [4.69, 9.17) is 17.3 Å². The standard InChI is InChI=1S/C9H8ClNS2/c10-4-5-1-2-7-6(9(5)12)3-8(11)13-7/h1-3,12H,4,11H2. The molecule has 0 aliphatic carbocycles. The molecule has 0 radical (unpaired) electrons. The van der Waals surface area contributed by atoms with Crippen molar-refractivity contribution in [1.29, 1.82) is 0 Å². The van der Waals surface area contributed by atoms with Crippen molar-refractivity contribution in [3.8, 4) is 0 Å². The van der Waals surface area contributed by atoms with Gasteiger partial charge in [-0.05, 0) is 17.7 Å². The molecule has 0 fully saturated rings. The van der Waals surface area contributed by atoms with Crippen LogP contribution >= 0.6 is 35.6 Å². The number of anilines is 1. The molecular formula is C9H8ClNS2. The lowest BCUT2D eigenvalue weighted by molar-refractivity contribution is 1.31. The van der Waals surface area contributed by atoms with E-state index in [-0.39, 0.29) is 0 Å². The minimum absolute atomic E-state index is 0.491. The molecule has 0 unspecified atom stereocenters. The number of halogens is 1. The number of thiophene rings is 1. The van der Waals surface area contributed by atoms with Gasteiger partial charge in [0, 0.05) is 20.9 Å². The molecule has 0 saturated heterocycles. The van der Waals surface area contributed by atoms with E-state index < -0.39 is 0 Å². The van der Waals surface area contributed by atoms with Crippen LogP contribution in [-0.4, -0.2) is 0 Å². The summed E-state index contributed by atoms with van der Waals surface area (Å²) in [7, 11) is 0. The van der Waals surface area contributed by atoms with E-state index in [9.17, 15) is 0 Å². The Balaban J connectivity index is 2.78. The fraction of sp³-hybridized carbons (Fsp3) is 0.111. The molecule has 0 saturated carbocycles. The second-order valence-electron chi connectivity index (χ2n) is 2.77. The predicted molar refractivity (Wildman–Crippen MR) is 63.0 cm³/mol. The van der Waals surface area contributed by atoms with E-state index in [0.29, 0.717) is 5.88 Å². The third-order valence-electron chi connectivity index (χ3n) is 1.92. The lowest BCUT2D eigenvalue weighted by atomic mass is 10.2. The van der Waals surface area contributed by atoms with Crippen LogP contribution in [0, 0.1) is 0 Å². The van der Waals surface area contributed by atoms with Gasteiger partial charge in [0.05, 0.1) is 5.00 Å². The second kappa shape index (κ2) is 3.40. The van der Waals surface area contributed by atoms with Gasteiger partial charge in [-0.2, -0.15) is 0 Å². The number of thiol groups is 1. The Morgan fingerprint density at radius 2 is 2.23 bits per heavy atom. The summed E-state index contributed by atoms with van der Waals surface area (Å²) in [6.45, 7) is 0. The number of rotatable bonds is 1. The quantitative estimate of drug-likeness (QED) is 0.568. The molecule has 2 N–H and O–H groups in total. The van der Waals surface area contributed by atoms with Crippen molar-refractivity contribution in [2.45, 2.75) is 10.8 Å². The van der Waals surface area contributed by atoms with E-state index in [1.807, 2.05) is 18.2 Å². The van der Waals surface area contributed by atoms with Crippen molar-refractivity contribution in [3.63, 3.8) is 0 Å². The summed E-state index contributed by atoms with van der Waals surface area (Å²) in [5.41, 5.74) is 6.75. The maximum atomic E-state index is 5.76. The number of hydrogen-bond acceptors (Lipinski definition) is 3. The van der Waals surface area contributed by atoms with E-state index >= 15 is 0 Å². The van der Waals surface area contributed by atoms with Crippen molar-refractivity contribution >= 4 is 50.7 Å². The van der Waals surface area contributed by atoms with Crippen LogP contribution in [0.5, 0.6) is 0 Å². The normalized spacial score (nSPS) is 10.9. The Kier molecular flexibility index (Phi) is 2.41. The maximum Gasteiger partial charge on any atom is 0.0869 e. The van der Waals surface area contributed by atoms with Crippen LogP contribution in [0.2, 0.25) is 0 Å². The minimum atomic E-state index is 0.491. The molecule has 0 atom stereocenters.